The van der Waals surface area contributed by atoms with Gasteiger partial charge in [-0.15, -0.1) is 0 Å². The fourth-order valence-corrected chi connectivity index (χ4v) is 3.04. The highest BCUT2D eigenvalue weighted by molar-refractivity contribution is 7.71. The van der Waals surface area contributed by atoms with Gasteiger partial charge in [-0.1, -0.05) is 30.3 Å². The fraction of sp³-hybridized carbons (Fsp3) is 0.0500. The maximum absolute atomic E-state index is 10.3. The zero-order chi connectivity index (χ0) is 18.8. The van der Waals surface area contributed by atoms with Crippen LogP contribution in [-0.4, -0.2) is 33.3 Å². The van der Waals surface area contributed by atoms with Crippen molar-refractivity contribution in [3.05, 3.63) is 71.0 Å². The van der Waals surface area contributed by atoms with Crippen LogP contribution < -0.4 is 4.74 Å². The topological polar surface area (TPSA) is 75.4 Å². The molecule has 0 aliphatic carbocycles. The lowest BCUT2D eigenvalue weighted by Gasteiger charge is -2.06. The third-order valence-electron chi connectivity index (χ3n) is 4.25. The molecule has 0 aliphatic heterocycles. The van der Waals surface area contributed by atoms with Gasteiger partial charge in [0.15, 0.2) is 5.82 Å². The first-order chi connectivity index (χ1) is 13.2. The highest BCUT2D eigenvalue weighted by Crippen LogP contribution is 2.26. The molecule has 0 saturated carbocycles. The van der Waals surface area contributed by atoms with Crippen LogP contribution in [0.1, 0.15) is 5.56 Å². The van der Waals surface area contributed by atoms with E-state index >= 15 is 0 Å². The van der Waals surface area contributed by atoms with Gasteiger partial charge in [-0.05, 0) is 53.3 Å². The number of fused-ring (bicyclic) bond motifs is 1. The largest absolute Gasteiger partial charge is 0.507 e. The predicted molar refractivity (Wildman–Crippen MR) is 108 cm³/mol. The lowest BCUT2D eigenvalue weighted by atomic mass is 10.0. The molecule has 0 atom stereocenters. The number of hydrogen-bond acceptors (Lipinski definition) is 5. The summed E-state index contributed by atoms with van der Waals surface area (Å²) in [5, 5.41) is 23.7. The Bertz CT molecular complexity index is 1190. The van der Waals surface area contributed by atoms with Gasteiger partial charge < -0.3 is 9.84 Å². The Morgan fingerprint density at radius 3 is 2.67 bits per heavy atom. The molecule has 0 saturated heterocycles. The van der Waals surface area contributed by atoms with Crippen LogP contribution in [0.4, 0.5) is 0 Å². The second-order valence-corrected chi connectivity index (χ2v) is 6.24. The first-order valence-electron chi connectivity index (χ1n) is 8.24. The van der Waals surface area contributed by atoms with Gasteiger partial charge in [-0.25, -0.2) is 5.10 Å². The third-order valence-corrected chi connectivity index (χ3v) is 4.51. The Morgan fingerprint density at radius 1 is 1.11 bits per heavy atom. The number of aromatic amines is 1. The van der Waals surface area contributed by atoms with Gasteiger partial charge >= 0.3 is 0 Å². The number of nitrogens with zero attached hydrogens (tertiary/aromatic N) is 3. The number of aromatic nitrogens is 3. The van der Waals surface area contributed by atoms with E-state index in [1.54, 1.807) is 19.4 Å². The third kappa shape index (κ3) is 3.20. The van der Waals surface area contributed by atoms with Gasteiger partial charge in [0.05, 0.1) is 13.3 Å². The van der Waals surface area contributed by atoms with E-state index in [0.29, 0.717) is 16.2 Å². The number of rotatable bonds is 4. The van der Waals surface area contributed by atoms with E-state index in [-0.39, 0.29) is 5.75 Å². The second kappa shape index (κ2) is 7.05. The average Bonchev–Trinajstić information content (AvgIpc) is 3.08. The van der Waals surface area contributed by atoms with Crippen LogP contribution in [0.5, 0.6) is 11.5 Å². The first-order valence-corrected chi connectivity index (χ1v) is 8.65. The van der Waals surface area contributed by atoms with Crippen molar-refractivity contribution in [3.8, 4) is 22.9 Å². The Hall–Kier alpha value is -3.45. The molecule has 134 valence electrons. The second-order valence-electron chi connectivity index (χ2n) is 5.86. The molecule has 0 radical (unpaired) electrons. The van der Waals surface area contributed by atoms with Crippen molar-refractivity contribution < 1.29 is 9.84 Å². The molecule has 0 aliphatic rings. The Balaban J connectivity index is 1.79. The highest BCUT2D eigenvalue weighted by Gasteiger charge is 2.09. The molecular formula is C20H16N4O2S. The molecule has 0 unspecified atom stereocenters. The minimum atomic E-state index is 0.151. The summed E-state index contributed by atoms with van der Waals surface area (Å²) in [6.45, 7) is 0. The van der Waals surface area contributed by atoms with Crippen molar-refractivity contribution in [1.82, 2.24) is 14.9 Å². The molecule has 7 heteroatoms. The summed E-state index contributed by atoms with van der Waals surface area (Å²) in [5.41, 5.74) is 1.46. The molecule has 3 aromatic carbocycles. The van der Waals surface area contributed by atoms with Crippen LogP contribution in [0.15, 0.2) is 65.8 Å². The van der Waals surface area contributed by atoms with Crippen molar-refractivity contribution in [2.75, 3.05) is 7.11 Å². The molecule has 1 aromatic heterocycles. The number of phenols is 1. The Labute approximate surface area is 160 Å². The van der Waals surface area contributed by atoms with Gasteiger partial charge in [-0.3, -0.25) is 0 Å². The maximum Gasteiger partial charge on any atom is 0.216 e. The summed E-state index contributed by atoms with van der Waals surface area (Å²) in [5.74, 6) is 1.47. The van der Waals surface area contributed by atoms with E-state index in [2.05, 4.69) is 15.3 Å². The lowest BCUT2D eigenvalue weighted by Crippen LogP contribution is -1.96. The van der Waals surface area contributed by atoms with E-state index in [1.165, 1.54) is 4.68 Å². The van der Waals surface area contributed by atoms with Crippen LogP contribution in [0.2, 0.25) is 0 Å². The van der Waals surface area contributed by atoms with E-state index < -0.39 is 0 Å². The smallest absolute Gasteiger partial charge is 0.216 e. The zero-order valence-corrected chi connectivity index (χ0v) is 15.3. The minimum absolute atomic E-state index is 0.151. The molecule has 2 N–H and O–H groups in total. The fourth-order valence-electron chi connectivity index (χ4n) is 2.86. The summed E-state index contributed by atoms with van der Waals surface area (Å²) in [6, 6.07) is 18.8. The number of benzene rings is 3. The van der Waals surface area contributed by atoms with Crippen molar-refractivity contribution in [2.24, 2.45) is 5.10 Å². The molecule has 1 heterocycles. The number of nitrogens with one attached hydrogen (secondary N) is 1. The van der Waals surface area contributed by atoms with E-state index in [0.717, 1.165) is 22.1 Å². The average molecular weight is 376 g/mol. The predicted octanol–water partition coefficient (Wildman–Crippen LogP) is 4.36. The van der Waals surface area contributed by atoms with Crippen LogP contribution in [0, 0.1) is 4.77 Å². The quantitative estimate of drug-likeness (QED) is 0.410. The molecule has 0 bridgehead atoms. The minimum Gasteiger partial charge on any atom is -0.507 e. The molecule has 0 amide bonds. The standard InChI is InChI=1S/C20H16N4O2S/c1-26-15-9-6-14(7-10-15)19-22-23-20(27)24(19)21-12-17-16-5-3-2-4-13(16)8-11-18(17)25/h2-12,25H,1H3,(H,23,27)/b21-12-. The molecular weight excluding hydrogens is 360 g/mol. The summed E-state index contributed by atoms with van der Waals surface area (Å²) in [4.78, 5) is 0. The number of aromatic hydroxyl groups is 1. The molecule has 4 aromatic rings. The van der Waals surface area contributed by atoms with Crippen LogP contribution in [0.3, 0.4) is 0 Å². The Morgan fingerprint density at radius 2 is 1.89 bits per heavy atom. The Kier molecular flexibility index (Phi) is 4.43. The van der Waals surface area contributed by atoms with Crippen molar-refractivity contribution in [1.29, 1.82) is 0 Å². The van der Waals surface area contributed by atoms with Gasteiger partial charge in [-0.2, -0.15) is 14.9 Å². The van der Waals surface area contributed by atoms with Gasteiger partial charge in [0.2, 0.25) is 4.77 Å². The summed E-state index contributed by atoms with van der Waals surface area (Å²) < 4.78 is 7.07. The maximum atomic E-state index is 10.3. The zero-order valence-electron chi connectivity index (χ0n) is 14.5. The summed E-state index contributed by atoms with van der Waals surface area (Å²) in [6.07, 6.45) is 1.59. The van der Waals surface area contributed by atoms with Crippen LogP contribution in [0.25, 0.3) is 22.2 Å². The van der Waals surface area contributed by atoms with Crippen LogP contribution >= 0.6 is 12.2 Å². The number of H-pyrrole nitrogens is 1. The van der Waals surface area contributed by atoms with E-state index in [9.17, 15) is 5.11 Å². The normalized spacial score (nSPS) is 11.3. The summed E-state index contributed by atoms with van der Waals surface area (Å²) in [7, 11) is 1.62. The number of phenolic OH excluding ortho intramolecular Hbond substituents is 1. The molecule has 6 nitrogen and oxygen atoms in total. The monoisotopic (exact) mass is 376 g/mol. The van der Waals surface area contributed by atoms with Gasteiger partial charge in [0.1, 0.15) is 11.5 Å². The number of methoxy groups -OCH3 is 1. The number of ether oxygens (including phenoxy) is 1. The van der Waals surface area contributed by atoms with Gasteiger partial charge in [0.25, 0.3) is 0 Å². The molecule has 0 fully saturated rings. The van der Waals surface area contributed by atoms with Crippen molar-refractivity contribution >= 4 is 29.2 Å². The summed E-state index contributed by atoms with van der Waals surface area (Å²) >= 11 is 5.31. The van der Waals surface area contributed by atoms with Crippen LogP contribution in [-0.2, 0) is 0 Å². The first kappa shape index (κ1) is 17.0. The highest BCUT2D eigenvalue weighted by atomic mass is 32.1. The lowest BCUT2D eigenvalue weighted by molar-refractivity contribution is 0.415. The van der Waals surface area contributed by atoms with Gasteiger partial charge in [0, 0.05) is 11.1 Å². The van der Waals surface area contributed by atoms with Crippen molar-refractivity contribution in [3.63, 3.8) is 0 Å². The van der Waals surface area contributed by atoms with E-state index in [4.69, 9.17) is 17.0 Å². The molecule has 0 spiro atoms. The van der Waals surface area contributed by atoms with Crippen molar-refractivity contribution in [2.45, 2.75) is 0 Å². The SMILES string of the molecule is COc1ccc(-c2n[nH]c(=S)n2/N=C\c2c(O)ccc3ccccc23)cc1. The van der Waals surface area contributed by atoms with E-state index in [1.807, 2.05) is 54.6 Å². The molecule has 27 heavy (non-hydrogen) atoms. The number of hydrogen-bond donors (Lipinski definition) is 2. The molecule has 4 rings (SSSR count).